The number of hydrogen-bond donors (Lipinski definition) is 2. The highest BCUT2D eigenvalue weighted by molar-refractivity contribution is 6.32. The van der Waals surface area contributed by atoms with E-state index < -0.39 is 0 Å². The minimum Gasteiger partial charge on any atom is -0.493 e. The number of pyridine rings is 1. The van der Waals surface area contributed by atoms with Crippen molar-refractivity contribution in [2.45, 2.75) is 38.1 Å². The van der Waals surface area contributed by atoms with Crippen LogP contribution in [0.15, 0.2) is 36.7 Å². The molecule has 1 aliphatic carbocycles. The molecule has 0 radical (unpaired) electrons. The molecule has 1 atom stereocenters. The fourth-order valence-corrected chi connectivity index (χ4v) is 5.20. The predicted octanol–water partition coefficient (Wildman–Crippen LogP) is 5.47. The van der Waals surface area contributed by atoms with Crippen LogP contribution in [0.1, 0.15) is 41.7 Å². The molecule has 2 aliphatic rings. The number of Topliss-reactive ketones (excluding diaryl/α,β-unsaturated/α-hetero) is 1. The molecule has 0 bridgehead atoms. The number of fused-ring (bicyclic) bond motifs is 1. The molecule has 1 aliphatic heterocycles. The molecule has 1 fully saturated rings. The SMILES string of the molecule is COc1c(Cl)cccc1Nc1c(-c2ccncc2OC[C@@H]2CCCN2C)[nH]c2c1C(=O)CCC2. The van der Waals surface area contributed by atoms with Crippen LogP contribution in [0, 0.1) is 0 Å². The molecule has 0 saturated carbocycles. The standard InChI is InChI=1S/C26H29ClN4O3/c1-31-13-5-6-16(31)15-34-22-14-28-12-11-17(22)24-25(23-19(29-24)8-4-10-21(23)32)30-20-9-3-7-18(27)26(20)33-2/h3,7,9,11-12,14,16,29-30H,4-6,8,10,13,15H2,1-2H3/t16-/m0/s1. The molecule has 2 N–H and O–H groups in total. The van der Waals surface area contributed by atoms with E-state index in [1.807, 2.05) is 18.2 Å². The van der Waals surface area contributed by atoms with Gasteiger partial charge in [0, 0.05) is 29.9 Å². The van der Waals surface area contributed by atoms with E-state index in [-0.39, 0.29) is 5.78 Å². The average molecular weight is 481 g/mol. The number of aryl methyl sites for hydroxylation is 1. The van der Waals surface area contributed by atoms with Crippen molar-refractivity contribution in [3.63, 3.8) is 0 Å². The Bertz CT molecular complexity index is 1210. The van der Waals surface area contributed by atoms with Crippen LogP contribution in [0.5, 0.6) is 11.5 Å². The summed E-state index contributed by atoms with van der Waals surface area (Å²) in [6.45, 7) is 1.69. The molecule has 0 unspecified atom stereocenters. The number of hydrogen-bond acceptors (Lipinski definition) is 6. The monoisotopic (exact) mass is 480 g/mol. The normalized spacial score (nSPS) is 18.1. The van der Waals surface area contributed by atoms with E-state index >= 15 is 0 Å². The second-order valence-corrected chi connectivity index (χ2v) is 9.32. The zero-order chi connectivity index (χ0) is 23.7. The summed E-state index contributed by atoms with van der Waals surface area (Å²) in [5, 5.41) is 3.95. The van der Waals surface area contributed by atoms with Crippen LogP contribution in [0.2, 0.25) is 5.02 Å². The maximum atomic E-state index is 13.0. The van der Waals surface area contributed by atoms with Gasteiger partial charge in [-0.15, -0.1) is 0 Å². The molecule has 1 saturated heterocycles. The number of carbonyl (C=O) groups excluding carboxylic acids is 1. The van der Waals surface area contributed by atoms with Crippen LogP contribution in [0.3, 0.4) is 0 Å². The van der Waals surface area contributed by atoms with Gasteiger partial charge in [-0.1, -0.05) is 17.7 Å². The van der Waals surface area contributed by atoms with Gasteiger partial charge in [0.1, 0.15) is 12.4 Å². The molecule has 1 aromatic carbocycles. The minimum absolute atomic E-state index is 0.122. The third kappa shape index (κ3) is 4.26. The molecular weight excluding hydrogens is 452 g/mol. The molecule has 8 heteroatoms. The lowest BCUT2D eigenvalue weighted by Gasteiger charge is -2.21. The zero-order valence-corrected chi connectivity index (χ0v) is 20.2. The number of anilines is 2. The number of rotatable bonds is 7. The van der Waals surface area contributed by atoms with Crippen molar-refractivity contribution in [3.8, 4) is 22.8 Å². The van der Waals surface area contributed by atoms with Crippen LogP contribution < -0.4 is 14.8 Å². The van der Waals surface area contributed by atoms with Crippen LogP contribution in [0.25, 0.3) is 11.3 Å². The minimum atomic E-state index is 0.122. The summed E-state index contributed by atoms with van der Waals surface area (Å²) < 4.78 is 11.8. The molecule has 178 valence electrons. The Labute approximate surface area is 204 Å². The number of H-pyrrole nitrogens is 1. The summed E-state index contributed by atoms with van der Waals surface area (Å²) in [6, 6.07) is 7.84. The lowest BCUT2D eigenvalue weighted by atomic mass is 9.95. The van der Waals surface area contributed by atoms with E-state index in [0.29, 0.717) is 52.5 Å². The first kappa shape index (κ1) is 22.7. The number of aromatic nitrogens is 2. The number of para-hydroxylation sites is 1. The Morgan fingerprint density at radius 1 is 1.26 bits per heavy atom. The van der Waals surface area contributed by atoms with Gasteiger partial charge >= 0.3 is 0 Å². The average Bonchev–Trinajstić information content (AvgIpc) is 3.42. The molecule has 7 nitrogen and oxygen atoms in total. The number of likely N-dealkylation sites (N-methyl/N-ethyl adjacent to an activating group) is 1. The lowest BCUT2D eigenvalue weighted by Crippen LogP contribution is -2.30. The van der Waals surface area contributed by atoms with Gasteiger partial charge < -0.3 is 24.7 Å². The Kier molecular flexibility index (Phi) is 6.48. The van der Waals surface area contributed by atoms with Gasteiger partial charge in [-0.25, -0.2) is 0 Å². The fraction of sp³-hybridized carbons (Fsp3) is 0.385. The fourth-order valence-electron chi connectivity index (χ4n) is 4.95. The Morgan fingerprint density at radius 3 is 2.94 bits per heavy atom. The second-order valence-electron chi connectivity index (χ2n) is 8.91. The smallest absolute Gasteiger partial charge is 0.166 e. The van der Waals surface area contributed by atoms with Crippen molar-refractivity contribution in [2.24, 2.45) is 0 Å². The van der Waals surface area contributed by atoms with Crippen molar-refractivity contribution < 1.29 is 14.3 Å². The van der Waals surface area contributed by atoms with Crippen molar-refractivity contribution in [1.29, 1.82) is 0 Å². The van der Waals surface area contributed by atoms with Gasteiger partial charge in [0.05, 0.1) is 41.0 Å². The summed E-state index contributed by atoms with van der Waals surface area (Å²) in [4.78, 5) is 23.2. The number of likely N-dealkylation sites (tertiary alicyclic amines) is 1. The second kappa shape index (κ2) is 9.68. The number of aromatic amines is 1. The molecule has 5 rings (SSSR count). The predicted molar refractivity (Wildman–Crippen MR) is 134 cm³/mol. The third-order valence-corrected chi connectivity index (χ3v) is 7.07. The van der Waals surface area contributed by atoms with Crippen LogP contribution in [-0.4, -0.2) is 54.0 Å². The number of nitrogens with one attached hydrogen (secondary N) is 2. The molecule has 2 aromatic heterocycles. The molecule has 0 spiro atoms. The summed E-state index contributed by atoms with van der Waals surface area (Å²) in [5.74, 6) is 1.34. The van der Waals surface area contributed by atoms with Gasteiger partial charge in [0.2, 0.25) is 0 Å². The number of methoxy groups -OCH3 is 1. The lowest BCUT2D eigenvalue weighted by molar-refractivity contribution is 0.0973. The van der Waals surface area contributed by atoms with Crippen LogP contribution >= 0.6 is 11.6 Å². The van der Waals surface area contributed by atoms with E-state index in [1.165, 1.54) is 6.42 Å². The Morgan fingerprint density at radius 2 is 2.15 bits per heavy atom. The number of nitrogens with zero attached hydrogens (tertiary/aromatic N) is 2. The third-order valence-electron chi connectivity index (χ3n) is 6.77. The summed E-state index contributed by atoms with van der Waals surface area (Å²) in [6.07, 6.45) is 7.98. The maximum Gasteiger partial charge on any atom is 0.166 e. The largest absolute Gasteiger partial charge is 0.493 e. The molecule has 3 aromatic rings. The number of halogens is 1. The van der Waals surface area contributed by atoms with Gasteiger partial charge in [0.25, 0.3) is 0 Å². The Balaban J connectivity index is 1.57. The number of ketones is 1. The van der Waals surface area contributed by atoms with E-state index in [0.717, 1.165) is 42.8 Å². The number of ether oxygens (including phenoxy) is 2. The van der Waals surface area contributed by atoms with Crippen molar-refractivity contribution in [3.05, 3.63) is 52.9 Å². The first-order valence-electron chi connectivity index (χ1n) is 11.7. The maximum absolute atomic E-state index is 13.0. The first-order chi connectivity index (χ1) is 16.6. The summed E-state index contributed by atoms with van der Waals surface area (Å²) >= 11 is 6.37. The summed E-state index contributed by atoms with van der Waals surface area (Å²) in [7, 11) is 3.72. The number of carbonyl (C=O) groups is 1. The van der Waals surface area contributed by atoms with E-state index in [9.17, 15) is 4.79 Å². The van der Waals surface area contributed by atoms with Gasteiger partial charge in [-0.2, -0.15) is 0 Å². The molecule has 0 amide bonds. The van der Waals surface area contributed by atoms with E-state index in [1.54, 1.807) is 25.6 Å². The molecular formula is C26H29ClN4O3. The highest BCUT2D eigenvalue weighted by Gasteiger charge is 2.29. The van der Waals surface area contributed by atoms with Crippen LogP contribution in [-0.2, 0) is 6.42 Å². The first-order valence-corrected chi connectivity index (χ1v) is 12.1. The number of benzene rings is 1. The molecule has 3 heterocycles. The van der Waals surface area contributed by atoms with E-state index in [4.69, 9.17) is 21.1 Å². The zero-order valence-electron chi connectivity index (χ0n) is 19.5. The molecule has 34 heavy (non-hydrogen) atoms. The Hall–Kier alpha value is -3.03. The highest BCUT2D eigenvalue weighted by Crippen LogP contribution is 2.44. The van der Waals surface area contributed by atoms with Crippen molar-refractivity contribution in [2.75, 3.05) is 32.6 Å². The topological polar surface area (TPSA) is 79.5 Å². The van der Waals surface area contributed by atoms with E-state index in [2.05, 4.69) is 27.2 Å². The van der Waals surface area contributed by atoms with Gasteiger partial charge in [0.15, 0.2) is 11.5 Å². The van der Waals surface area contributed by atoms with Gasteiger partial charge in [-0.3, -0.25) is 9.78 Å². The van der Waals surface area contributed by atoms with Crippen LogP contribution in [0.4, 0.5) is 11.4 Å². The van der Waals surface area contributed by atoms with Crippen molar-refractivity contribution >= 4 is 28.8 Å². The highest BCUT2D eigenvalue weighted by atomic mass is 35.5. The van der Waals surface area contributed by atoms with Gasteiger partial charge in [-0.05, 0) is 57.5 Å². The summed E-state index contributed by atoms with van der Waals surface area (Å²) in [5.41, 5.74) is 4.71. The quantitative estimate of drug-likeness (QED) is 0.466. The van der Waals surface area contributed by atoms with Crippen molar-refractivity contribution in [1.82, 2.24) is 14.9 Å².